The predicted molar refractivity (Wildman–Crippen MR) is 124 cm³/mol. The highest BCUT2D eigenvalue weighted by Gasteiger charge is 2.48. The third-order valence-corrected chi connectivity index (χ3v) is 6.93. The number of amides is 2. The maximum absolute atomic E-state index is 13.8. The minimum Gasteiger partial charge on any atom is -0.497 e. The molecule has 2 aliphatic rings. The molecule has 0 unspecified atom stereocenters. The standard InChI is InChI=1S/C26H29N3O4/c1-26(25(31)27-19-8-3-4-9-19)17-28-21(23-11-6-14-33-23)12-13-22(28)24(30)29(26)16-18-7-5-10-20(15-18)32-2/h5-7,10-15,19H,3-4,8-9,16-17H2,1-2H3,(H,27,31)/t26-/m1/s1. The van der Waals surface area contributed by atoms with Crippen LogP contribution in [0.1, 0.15) is 48.7 Å². The van der Waals surface area contributed by atoms with E-state index in [2.05, 4.69) is 5.32 Å². The SMILES string of the molecule is COc1cccc(CN2C(=O)c3ccc(-c4ccco4)n3C[C@]2(C)C(=O)NC2CCCC2)c1. The Balaban J connectivity index is 1.54. The van der Waals surface area contributed by atoms with E-state index in [1.807, 2.05) is 60.0 Å². The molecule has 1 saturated carbocycles. The zero-order chi connectivity index (χ0) is 23.0. The Kier molecular flexibility index (Phi) is 5.48. The van der Waals surface area contributed by atoms with Crippen molar-refractivity contribution in [2.75, 3.05) is 7.11 Å². The van der Waals surface area contributed by atoms with Gasteiger partial charge in [0.2, 0.25) is 5.91 Å². The first-order valence-electron chi connectivity index (χ1n) is 11.5. The van der Waals surface area contributed by atoms with Crippen molar-refractivity contribution in [1.29, 1.82) is 0 Å². The molecule has 1 aliphatic carbocycles. The first-order chi connectivity index (χ1) is 16.0. The highest BCUT2D eigenvalue weighted by Crippen LogP contribution is 2.35. The van der Waals surface area contributed by atoms with E-state index >= 15 is 0 Å². The highest BCUT2D eigenvalue weighted by atomic mass is 16.5. The molecule has 5 rings (SSSR count). The molecule has 1 fully saturated rings. The van der Waals surface area contributed by atoms with Crippen LogP contribution >= 0.6 is 0 Å². The number of fused-ring (bicyclic) bond motifs is 1. The summed E-state index contributed by atoms with van der Waals surface area (Å²) in [7, 11) is 1.62. The van der Waals surface area contributed by atoms with Gasteiger partial charge in [0.25, 0.3) is 5.91 Å². The molecule has 3 aromatic rings. The number of aromatic nitrogens is 1. The van der Waals surface area contributed by atoms with Gasteiger partial charge in [-0.1, -0.05) is 25.0 Å². The van der Waals surface area contributed by atoms with E-state index < -0.39 is 5.54 Å². The summed E-state index contributed by atoms with van der Waals surface area (Å²) in [4.78, 5) is 29.2. The number of rotatable bonds is 6. The van der Waals surface area contributed by atoms with Crippen LogP contribution in [0.25, 0.3) is 11.5 Å². The van der Waals surface area contributed by atoms with Crippen LogP contribution in [0, 0.1) is 0 Å². The van der Waals surface area contributed by atoms with Crippen LogP contribution in [0.3, 0.4) is 0 Å². The number of benzene rings is 1. The molecular formula is C26H29N3O4. The van der Waals surface area contributed by atoms with Gasteiger partial charge in [-0.2, -0.15) is 0 Å². The van der Waals surface area contributed by atoms with Gasteiger partial charge in [0.15, 0.2) is 0 Å². The zero-order valence-corrected chi connectivity index (χ0v) is 19.0. The van der Waals surface area contributed by atoms with Crippen LogP contribution < -0.4 is 10.1 Å². The predicted octanol–water partition coefficient (Wildman–Crippen LogP) is 4.23. The average molecular weight is 448 g/mol. The number of nitrogens with zero attached hydrogens (tertiary/aromatic N) is 2. The molecule has 0 spiro atoms. The summed E-state index contributed by atoms with van der Waals surface area (Å²) in [5, 5.41) is 3.23. The molecule has 7 nitrogen and oxygen atoms in total. The van der Waals surface area contributed by atoms with E-state index in [1.165, 1.54) is 0 Å². The summed E-state index contributed by atoms with van der Waals surface area (Å²) in [6.07, 6.45) is 5.83. The second-order valence-corrected chi connectivity index (χ2v) is 9.14. The first-order valence-corrected chi connectivity index (χ1v) is 11.5. The molecule has 1 aliphatic heterocycles. The van der Waals surface area contributed by atoms with Gasteiger partial charge in [-0.25, -0.2) is 0 Å². The molecule has 0 saturated heterocycles. The van der Waals surface area contributed by atoms with Crippen molar-refractivity contribution in [2.24, 2.45) is 0 Å². The quantitative estimate of drug-likeness (QED) is 0.614. The van der Waals surface area contributed by atoms with Crippen LogP contribution in [0.2, 0.25) is 0 Å². The van der Waals surface area contributed by atoms with Crippen LogP contribution in [-0.2, 0) is 17.9 Å². The van der Waals surface area contributed by atoms with E-state index in [1.54, 1.807) is 18.3 Å². The first kappa shape index (κ1) is 21.4. The highest BCUT2D eigenvalue weighted by molar-refractivity contribution is 6.00. The van der Waals surface area contributed by atoms with E-state index in [4.69, 9.17) is 9.15 Å². The van der Waals surface area contributed by atoms with Crippen molar-refractivity contribution in [1.82, 2.24) is 14.8 Å². The molecule has 172 valence electrons. The number of furan rings is 1. The Morgan fingerprint density at radius 1 is 1.15 bits per heavy atom. The Labute approximate surface area is 193 Å². The lowest BCUT2D eigenvalue weighted by Crippen LogP contribution is -2.64. The fraction of sp³-hybridized carbons (Fsp3) is 0.385. The smallest absolute Gasteiger partial charge is 0.271 e. The Morgan fingerprint density at radius 2 is 1.94 bits per heavy atom. The molecule has 33 heavy (non-hydrogen) atoms. The summed E-state index contributed by atoms with van der Waals surface area (Å²) >= 11 is 0. The van der Waals surface area contributed by atoms with Gasteiger partial charge in [-0.05, 0) is 61.7 Å². The maximum Gasteiger partial charge on any atom is 0.271 e. The van der Waals surface area contributed by atoms with Gasteiger partial charge < -0.3 is 23.9 Å². The molecule has 0 radical (unpaired) electrons. The van der Waals surface area contributed by atoms with Gasteiger partial charge in [0.05, 0.1) is 25.6 Å². The summed E-state index contributed by atoms with van der Waals surface area (Å²) in [5.41, 5.74) is 1.20. The number of methoxy groups -OCH3 is 1. The van der Waals surface area contributed by atoms with Crippen molar-refractivity contribution in [2.45, 2.75) is 57.3 Å². The van der Waals surface area contributed by atoms with Gasteiger partial charge in [-0.15, -0.1) is 0 Å². The van der Waals surface area contributed by atoms with E-state index in [9.17, 15) is 9.59 Å². The van der Waals surface area contributed by atoms with Crippen LogP contribution in [0.4, 0.5) is 0 Å². The Hall–Kier alpha value is -3.48. The molecule has 2 amide bonds. The van der Waals surface area contributed by atoms with Crippen LogP contribution in [-0.4, -0.2) is 40.0 Å². The number of carbonyl (C=O) groups is 2. The molecule has 1 aromatic carbocycles. The van der Waals surface area contributed by atoms with Crippen LogP contribution in [0.5, 0.6) is 5.75 Å². The molecule has 3 heterocycles. The van der Waals surface area contributed by atoms with Crippen molar-refractivity contribution in [3.63, 3.8) is 0 Å². The number of nitrogens with one attached hydrogen (secondary N) is 1. The molecule has 7 heteroatoms. The number of ether oxygens (including phenoxy) is 1. The third kappa shape index (κ3) is 3.81. The third-order valence-electron chi connectivity index (χ3n) is 6.93. The second kappa shape index (κ2) is 8.46. The van der Waals surface area contributed by atoms with Gasteiger partial charge >= 0.3 is 0 Å². The molecule has 0 bridgehead atoms. The molecule has 1 atom stereocenters. The lowest BCUT2D eigenvalue weighted by molar-refractivity contribution is -0.133. The zero-order valence-electron chi connectivity index (χ0n) is 19.0. The van der Waals surface area contributed by atoms with Crippen molar-refractivity contribution >= 4 is 11.8 Å². The molecular weight excluding hydrogens is 418 g/mol. The number of hydrogen-bond donors (Lipinski definition) is 1. The summed E-state index contributed by atoms with van der Waals surface area (Å²) in [6.45, 7) is 2.52. The minimum atomic E-state index is -1.06. The average Bonchev–Trinajstić information content (AvgIpc) is 3.58. The fourth-order valence-electron chi connectivity index (χ4n) is 5.02. The largest absolute Gasteiger partial charge is 0.497 e. The van der Waals surface area contributed by atoms with Gasteiger partial charge in [-0.3, -0.25) is 9.59 Å². The second-order valence-electron chi connectivity index (χ2n) is 9.14. The lowest BCUT2D eigenvalue weighted by atomic mass is 9.93. The van der Waals surface area contributed by atoms with E-state index in [-0.39, 0.29) is 17.9 Å². The van der Waals surface area contributed by atoms with Crippen molar-refractivity contribution < 1.29 is 18.7 Å². The normalized spacial score (nSPS) is 20.7. The van der Waals surface area contributed by atoms with Gasteiger partial charge in [0, 0.05) is 12.6 Å². The van der Waals surface area contributed by atoms with Crippen LogP contribution in [0.15, 0.2) is 59.2 Å². The fourth-order valence-corrected chi connectivity index (χ4v) is 5.02. The van der Waals surface area contributed by atoms with Crippen molar-refractivity contribution in [3.05, 3.63) is 66.1 Å². The minimum absolute atomic E-state index is 0.115. The monoisotopic (exact) mass is 447 g/mol. The molecule has 2 aromatic heterocycles. The number of carbonyl (C=O) groups excluding carboxylic acids is 2. The van der Waals surface area contributed by atoms with E-state index in [0.717, 1.165) is 42.7 Å². The summed E-state index contributed by atoms with van der Waals surface area (Å²) in [6, 6.07) is 15.2. The maximum atomic E-state index is 13.8. The topological polar surface area (TPSA) is 76.7 Å². The Morgan fingerprint density at radius 3 is 2.67 bits per heavy atom. The summed E-state index contributed by atoms with van der Waals surface area (Å²) < 4.78 is 12.9. The van der Waals surface area contributed by atoms with Crippen molar-refractivity contribution in [3.8, 4) is 17.2 Å². The molecule has 1 N–H and O–H groups in total. The summed E-state index contributed by atoms with van der Waals surface area (Å²) in [5.74, 6) is 1.10. The Bertz CT molecular complexity index is 1160. The van der Waals surface area contributed by atoms with Gasteiger partial charge in [0.1, 0.15) is 22.7 Å². The lowest BCUT2D eigenvalue weighted by Gasteiger charge is -2.44. The number of hydrogen-bond acceptors (Lipinski definition) is 4. The van der Waals surface area contributed by atoms with E-state index in [0.29, 0.717) is 24.5 Å².